The van der Waals surface area contributed by atoms with Gasteiger partial charge in [0, 0.05) is 37.0 Å². The maximum atomic E-state index is 13.7. The molecule has 0 unspecified atom stereocenters. The van der Waals surface area contributed by atoms with Crippen molar-refractivity contribution in [2.45, 2.75) is 30.6 Å². The molecule has 0 aliphatic carbocycles. The Morgan fingerprint density at radius 2 is 1.64 bits per heavy atom. The number of para-hydroxylation sites is 1. The van der Waals surface area contributed by atoms with Gasteiger partial charge in [0.15, 0.2) is 0 Å². The van der Waals surface area contributed by atoms with E-state index in [4.69, 9.17) is 23.2 Å². The smallest absolute Gasteiger partial charge is 0.254 e. The number of anilines is 1. The lowest BCUT2D eigenvalue weighted by molar-refractivity contribution is 0.0782. The third-order valence-corrected chi connectivity index (χ3v) is 11.3. The summed E-state index contributed by atoms with van der Waals surface area (Å²) in [5.74, 6) is 0.0413. The molecule has 6 nitrogen and oxygen atoms in total. The SMILES string of the molecule is CN(C[C@@H](CCN1CCC2(CC1)CN(S(C)(=O)=O)c1ccccc12)c1ccc(Cl)c(Cl)c1)C(=O)c1cccc2ccccc12. The first-order chi connectivity index (χ1) is 21.1. The number of halogens is 2. The highest BCUT2D eigenvalue weighted by atomic mass is 35.5. The molecule has 1 atom stereocenters. The summed E-state index contributed by atoms with van der Waals surface area (Å²) in [6.45, 7) is 3.66. The van der Waals surface area contributed by atoms with E-state index in [1.807, 2.05) is 90.8 Å². The van der Waals surface area contributed by atoms with E-state index >= 15 is 0 Å². The normalized spacial score (nSPS) is 17.1. The lowest BCUT2D eigenvalue weighted by atomic mass is 9.74. The molecule has 1 spiro atoms. The third-order valence-electron chi connectivity index (χ3n) is 9.47. The van der Waals surface area contributed by atoms with Gasteiger partial charge in [0.1, 0.15) is 0 Å². The topological polar surface area (TPSA) is 60.9 Å². The lowest BCUT2D eigenvalue weighted by Crippen LogP contribution is -2.46. The zero-order valence-corrected chi connectivity index (χ0v) is 27.4. The van der Waals surface area contributed by atoms with Crippen molar-refractivity contribution in [2.24, 2.45) is 0 Å². The lowest BCUT2D eigenvalue weighted by Gasteiger charge is -2.40. The molecule has 0 radical (unpaired) electrons. The Morgan fingerprint density at radius 3 is 2.39 bits per heavy atom. The average molecular weight is 651 g/mol. The van der Waals surface area contributed by atoms with E-state index in [1.54, 1.807) is 4.31 Å². The second-order valence-electron chi connectivity index (χ2n) is 12.3. The number of amides is 1. The van der Waals surface area contributed by atoms with Crippen molar-refractivity contribution in [3.63, 3.8) is 0 Å². The highest BCUT2D eigenvalue weighted by Crippen LogP contribution is 2.48. The maximum absolute atomic E-state index is 13.7. The van der Waals surface area contributed by atoms with Crippen LogP contribution in [0.2, 0.25) is 10.0 Å². The molecule has 1 saturated heterocycles. The second kappa shape index (κ2) is 12.4. The fourth-order valence-corrected chi connectivity index (χ4v) is 8.32. The Bertz CT molecular complexity index is 1800. The molecule has 2 aliphatic heterocycles. The number of hydrogen-bond donors (Lipinski definition) is 0. The molecule has 44 heavy (non-hydrogen) atoms. The fourth-order valence-electron chi connectivity index (χ4n) is 7.01. The van der Waals surface area contributed by atoms with Gasteiger partial charge < -0.3 is 9.80 Å². The first kappa shape index (κ1) is 30.9. The molecule has 9 heteroatoms. The van der Waals surface area contributed by atoms with Crippen LogP contribution in [-0.2, 0) is 15.4 Å². The standard InChI is InChI=1S/C35H37Cl2N3O3S/c1-38(34(41)29-11-7-9-25-8-3-4-10-28(25)29)23-27(26-14-15-31(36)32(37)22-26)16-19-39-20-17-35(18-21-39)24-40(44(2,42)43)33-13-6-5-12-30(33)35/h3-15,22,27H,16-21,23-24H2,1-2H3/t27-/m1/s1. The molecule has 1 amide bonds. The van der Waals surface area contributed by atoms with Gasteiger partial charge in [0.2, 0.25) is 10.0 Å². The van der Waals surface area contributed by atoms with Crippen LogP contribution < -0.4 is 4.31 Å². The van der Waals surface area contributed by atoms with E-state index in [2.05, 4.69) is 11.0 Å². The molecule has 0 saturated carbocycles. The number of nitrogens with zero attached hydrogens (tertiary/aromatic N) is 3. The van der Waals surface area contributed by atoms with Crippen LogP contribution in [0.25, 0.3) is 10.8 Å². The molecular formula is C35H37Cl2N3O3S. The van der Waals surface area contributed by atoms with Crippen molar-refractivity contribution >= 4 is 55.6 Å². The Morgan fingerprint density at radius 1 is 0.932 bits per heavy atom. The minimum absolute atomic E-state index is 0.0119. The van der Waals surface area contributed by atoms with Gasteiger partial charge >= 0.3 is 0 Å². The van der Waals surface area contributed by atoms with Crippen LogP contribution in [0.15, 0.2) is 84.9 Å². The Kier molecular flexibility index (Phi) is 8.68. The zero-order valence-electron chi connectivity index (χ0n) is 25.0. The first-order valence-electron chi connectivity index (χ1n) is 15.0. The van der Waals surface area contributed by atoms with Gasteiger partial charge in [0.05, 0.1) is 22.0 Å². The van der Waals surface area contributed by atoms with E-state index in [9.17, 15) is 13.2 Å². The van der Waals surface area contributed by atoms with Gasteiger partial charge in [-0.3, -0.25) is 9.10 Å². The van der Waals surface area contributed by atoms with E-state index < -0.39 is 10.0 Å². The summed E-state index contributed by atoms with van der Waals surface area (Å²) in [6, 6.07) is 27.5. The average Bonchev–Trinajstić information content (AvgIpc) is 3.35. The van der Waals surface area contributed by atoms with Crippen LogP contribution in [0, 0.1) is 0 Å². The molecule has 0 aromatic heterocycles. The van der Waals surface area contributed by atoms with Crippen molar-refractivity contribution in [3.8, 4) is 0 Å². The van der Waals surface area contributed by atoms with Crippen LogP contribution >= 0.6 is 23.2 Å². The highest BCUT2D eigenvalue weighted by Gasteiger charge is 2.46. The number of carbonyl (C=O) groups excluding carboxylic acids is 1. The molecule has 2 heterocycles. The minimum Gasteiger partial charge on any atom is -0.341 e. The van der Waals surface area contributed by atoms with E-state index in [1.165, 1.54) is 6.26 Å². The summed E-state index contributed by atoms with van der Waals surface area (Å²) in [5, 5.41) is 3.01. The van der Waals surface area contributed by atoms with Crippen LogP contribution in [0.5, 0.6) is 0 Å². The molecule has 0 N–H and O–H groups in total. The van der Waals surface area contributed by atoms with E-state index in [-0.39, 0.29) is 17.2 Å². The Labute approximate surface area is 270 Å². The molecule has 0 bridgehead atoms. The van der Waals surface area contributed by atoms with E-state index in [0.29, 0.717) is 28.7 Å². The quantitative estimate of drug-likeness (QED) is 0.202. The predicted octanol–water partition coefficient (Wildman–Crippen LogP) is 7.21. The summed E-state index contributed by atoms with van der Waals surface area (Å²) < 4.78 is 26.8. The maximum Gasteiger partial charge on any atom is 0.254 e. The summed E-state index contributed by atoms with van der Waals surface area (Å²) in [5.41, 5.74) is 3.55. The van der Waals surface area contributed by atoms with Crippen LogP contribution in [0.1, 0.15) is 46.7 Å². The van der Waals surface area contributed by atoms with E-state index in [0.717, 1.165) is 66.5 Å². The molecule has 4 aromatic carbocycles. The van der Waals surface area contributed by atoms with Gasteiger partial charge in [-0.2, -0.15) is 0 Å². The number of fused-ring (bicyclic) bond motifs is 3. The van der Waals surface area contributed by atoms with Crippen molar-refractivity contribution in [3.05, 3.63) is 112 Å². The van der Waals surface area contributed by atoms with Crippen LogP contribution in [-0.4, -0.2) is 70.2 Å². The zero-order chi connectivity index (χ0) is 31.1. The summed E-state index contributed by atoms with van der Waals surface area (Å²) in [4.78, 5) is 18.0. The Hall–Kier alpha value is -3.10. The van der Waals surface area contributed by atoms with Crippen LogP contribution in [0.3, 0.4) is 0 Å². The molecule has 1 fully saturated rings. The number of carbonyl (C=O) groups is 1. The molecule has 2 aliphatic rings. The molecular weight excluding hydrogens is 613 g/mol. The van der Waals surface area contributed by atoms with Crippen LogP contribution in [0.4, 0.5) is 5.69 Å². The highest BCUT2D eigenvalue weighted by molar-refractivity contribution is 7.92. The van der Waals surface area contributed by atoms with Gasteiger partial charge in [0.25, 0.3) is 5.91 Å². The van der Waals surface area contributed by atoms with Gasteiger partial charge in [-0.15, -0.1) is 0 Å². The molecule has 230 valence electrons. The van der Waals surface area contributed by atoms with Crippen molar-refractivity contribution < 1.29 is 13.2 Å². The fraction of sp³-hybridized carbons (Fsp3) is 0.343. The molecule has 4 aromatic rings. The number of likely N-dealkylation sites (tertiary alicyclic amines) is 1. The number of piperidine rings is 1. The Balaban J connectivity index is 1.17. The van der Waals surface area contributed by atoms with Crippen molar-refractivity contribution in [1.82, 2.24) is 9.80 Å². The summed E-state index contributed by atoms with van der Waals surface area (Å²) >= 11 is 12.7. The second-order valence-corrected chi connectivity index (χ2v) is 15.0. The number of likely N-dealkylation sites (N-methyl/N-ethyl adjacent to an activating group) is 1. The van der Waals surface area contributed by atoms with Gasteiger partial charge in [-0.05, 0) is 85.1 Å². The summed E-state index contributed by atoms with van der Waals surface area (Å²) in [6.07, 6.45) is 3.92. The predicted molar refractivity (Wildman–Crippen MR) is 181 cm³/mol. The number of hydrogen-bond acceptors (Lipinski definition) is 4. The minimum atomic E-state index is -3.35. The van der Waals surface area contributed by atoms with Crippen molar-refractivity contribution in [1.29, 1.82) is 0 Å². The largest absolute Gasteiger partial charge is 0.341 e. The number of rotatable bonds is 8. The number of sulfonamides is 1. The van der Waals surface area contributed by atoms with Gasteiger partial charge in [-0.1, -0.05) is 83.9 Å². The molecule has 6 rings (SSSR count). The summed E-state index contributed by atoms with van der Waals surface area (Å²) in [7, 11) is -1.48. The monoisotopic (exact) mass is 649 g/mol. The van der Waals surface area contributed by atoms with Gasteiger partial charge in [-0.25, -0.2) is 8.42 Å². The number of benzene rings is 4. The van der Waals surface area contributed by atoms with Crippen molar-refractivity contribution in [2.75, 3.05) is 50.3 Å². The third kappa shape index (κ3) is 6.08. The first-order valence-corrected chi connectivity index (χ1v) is 17.6.